The summed E-state index contributed by atoms with van der Waals surface area (Å²) in [7, 11) is -3.52. The lowest BCUT2D eigenvalue weighted by Gasteiger charge is -1.96. The van der Waals surface area contributed by atoms with E-state index in [0.29, 0.717) is 0 Å². The third-order valence-electron chi connectivity index (χ3n) is 1.91. The minimum atomic E-state index is -3.52. The first-order valence-corrected chi connectivity index (χ1v) is 7.15. The largest absolute Gasteiger partial charge is 0.294 e. The topological polar surface area (TPSA) is 75.0 Å². The Bertz CT molecular complexity index is 581. The Balaban J connectivity index is 3.62. The fourth-order valence-electron chi connectivity index (χ4n) is 1.06. The SMILES string of the molecule is CCS(=O)(=O)c1sc(C(C)=O)c(Cl)c1C#N. The average molecular weight is 278 g/mol. The summed E-state index contributed by atoms with van der Waals surface area (Å²) in [5.74, 6) is -0.473. The van der Waals surface area contributed by atoms with E-state index in [1.165, 1.54) is 13.8 Å². The molecule has 0 radical (unpaired) electrons. The van der Waals surface area contributed by atoms with Gasteiger partial charge in [-0.25, -0.2) is 8.42 Å². The van der Waals surface area contributed by atoms with Crippen LogP contribution >= 0.6 is 22.9 Å². The summed E-state index contributed by atoms with van der Waals surface area (Å²) >= 11 is 6.55. The lowest BCUT2D eigenvalue weighted by molar-refractivity contribution is 0.102. The van der Waals surface area contributed by atoms with Crippen LogP contribution in [0.25, 0.3) is 0 Å². The van der Waals surface area contributed by atoms with Crippen molar-refractivity contribution in [3.63, 3.8) is 0 Å². The molecule has 1 rings (SSSR count). The van der Waals surface area contributed by atoms with Crippen LogP contribution in [0, 0.1) is 11.3 Å². The molecule has 0 aliphatic carbocycles. The second-order valence-corrected chi connectivity index (χ2v) is 6.85. The summed E-state index contributed by atoms with van der Waals surface area (Å²) < 4.78 is 23.2. The molecule has 0 aliphatic heterocycles. The number of carbonyl (C=O) groups excluding carboxylic acids is 1. The lowest BCUT2D eigenvalue weighted by Crippen LogP contribution is -2.02. The summed E-state index contributed by atoms with van der Waals surface area (Å²) in [5.41, 5.74) is -0.126. The van der Waals surface area contributed by atoms with Crippen molar-refractivity contribution < 1.29 is 13.2 Å². The van der Waals surface area contributed by atoms with Crippen molar-refractivity contribution in [3.05, 3.63) is 15.5 Å². The highest BCUT2D eigenvalue weighted by Gasteiger charge is 2.26. The van der Waals surface area contributed by atoms with Gasteiger partial charge in [-0.05, 0) is 0 Å². The van der Waals surface area contributed by atoms with Crippen LogP contribution < -0.4 is 0 Å². The summed E-state index contributed by atoms with van der Waals surface area (Å²) in [5, 5.41) is 8.79. The van der Waals surface area contributed by atoms with Gasteiger partial charge in [-0.2, -0.15) is 5.26 Å². The maximum atomic E-state index is 11.7. The van der Waals surface area contributed by atoms with Gasteiger partial charge in [0, 0.05) is 6.92 Å². The van der Waals surface area contributed by atoms with E-state index >= 15 is 0 Å². The van der Waals surface area contributed by atoms with Gasteiger partial charge in [0.1, 0.15) is 15.8 Å². The zero-order valence-corrected chi connectivity index (χ0v) is 11.0. The third kappa shape index (κ3) is 2.12. The van der Waals surface area contributed by atoms with Gasteiger partial charge in [-0.3, -0.25) is 4.79 Å². The highest BCUT2D eigenvalue weighted by atomic mass is 35.5. The molecule has 0 fully saturated rings. The molecule has 86 valence electrons. The van der Waals surface area contributed by atoms with Crippen LogP contribution in [0.5, 0.6) is 0 Å². The number of hydrogen-bond donors (Lipinski definition) is 0. The first kappa shape index (κ1) is 13.2. The third-order valence-corrected chi connectivity index (χ3v) is 6.03. The molecule has 16 heavy (non-hydrogen) atoms. The van der Waals surface area contributed by atoms with Crippen molar-refractivity contribution in [2.24, 2.45) is 0 Å². The number of rotatable bonds is 3. The summed E-state index contributed by atoms with van der Waals surface area (Å²) in [6.45, 7) is 2.75. The molecule has 0 amide bonds. The van der Waals surface area contributed by atoms with E-state index in [1.807, 2.05) is 0 Å². The van der Waals surface area contributed by atoms with Crippen LogP contribution in [0.1, 0.15) is 29.1 Å². The number of carbonyl (C=O) groups is 1. The molecule has 1 heterocycles. The number of hydrogen-bond acceptors (Lipinski definition) is 5. The van der Waals surface area contributed by atoms with Crippen LogP contribution in [0.4, 0.5) is 0 Å². The molecule has 1 aromatic heterocycles. The molecule has 0 aromatic carbocycles. The van der Waals surface area contributed by atoms with Gasteiger partial charge in [0.05, 0.1) is 15.7 Å². The Morgan fingerprint density at radius 3 is 2.50 bits per heavy atom. The Morgan fingerprint density at radius 2 is 2.12 bits per heavy atom. The number of nitriles is 1. The number of ketones is 1. The van der Waals surface area contributed by atoms with Crippen molar-refractivity contribution in [1.82, 2.24) is 0 Å². The summed E-state index contributed by atoms with van der Waals surface area (Å²) in [6.07, 6.45) is 0. The Kier molecular flexibility index (Phi) is 3.73. The molecule has 7 heteroatoms. The van der Waals surface area contributed by atoms with Gasteiger partial charge in [0.2, 0.25) is 0 Å². The maximum absolute atomic E-state index is 11.7. The lowest BCUT2D eigenvalue weighted by atomic mass is 10.3. The molecule has 0 atom stereocenters. The van der Waals surface area contributed by atoms with E-state index in [2.05, 4.69) is 0 Å². The van der Waals surface area contributed by atoms with Gasteiger partial charge >= 0.3 is 0 Å². The zero-order valence-electron chi connectivity index (χ0n) is 8.57. The van der Waals surface area contributed by atoms with Crippen LogP contribution in [0.3, 0.4) is 0 Å². The molecule has 1 aromatic rings. The minimum absolute atomic E-state index is 0.0629. The molecule has 0 bridgehead atoms. The van der Waals surface area contributed by atoms with E-state index in [4.69, 9.17) is 16.9 Å². The maximum Gasteiger partial charge on any atom is 0.188 e. The monoisotopic (exact) mass is 277 g/mol. The molecular formula is C9H8ClNO3S2. The first-order valence-electron chi connectivity index (χ1n) is 4.31. The standard InChI is InChI=1S/C9H8ClNO3S2/c1-3-16(13,14)9-6(4-11)7(10)8(15-9)5(2)12/h3H2,1-2H3. The fraction of sp³-hybridized carbons (Fsp3) is 0.333. The van der Waals surface area contributed by atoms with Crippen LogP contribution in [-0.4, -0.2) is 20.0 Å². The quantitative estimate of drug-likeness (QED) is 0.794. The van der Waals surface area contributed by atoms with Crippen molar-refractivity contribution in [3.8, 4) is 6.07 Å². The number of sulfone groups is 1. The van der Waals surface area contributed by atoms with Crippen LogP contribution in [0.15, 0.2) is 4.21 Å². The second-order valence-electron chi connectivity index (χ2n) is 2.98. The molecule has 0 aliphatic rings. The van der Waals surface area contributed by atoms with Gasteiger partial charge < -0.3 is 0 Å². The molecule has 0 saturated carbocycles. The predicted octanol–water partition coefficient (Wildman–Crippen LogP) is 2.27. The Labute approximate surface area is 102 Å². The smallest absolute Gasteiger partial charge is 0.188 e. The number of thiophene rings is 1. The highest BCUT2D eigenvalue weighted by Crippen LogP contribution is 2.36. The molecule has 0 unspecified atom stereocenters. The highest BCUT2D eigenvalue weighted by molar-refractivity contribution is 7.93. The zero-order chi connectivity index (χ0) is 12.5. The van der Waals surface area contributed by atoms with E-state index in [1.54, 1.807) is 6.07 Å². The van der Waals surface area contributed by atoms with E-state index < -0.39 is 9.84 Å². The average Bonchev–Trinajstić information content (AvgIpc) is 2.56. The predicted molar refractivity (Wildman–Crippen MR) is 61.8 cm³/mol. The van der Waals surface area contributed by atoms with Gasteiger partial charge in [0.25, 0.3) is 0 Å². The number of nitrogens with zero attached hydrogens (tertiary/aromatic N) is 1. The molecule has 0 spiro atoms. The first-order chi connectivity index (χ1) is 7.35. The normalized spacial score (nSPS) is 11.1. The van der Waals surface area contributed by atoms with E-state index in [9.17, 15) is 13.2 Å². The van der Waals surface area contributed by atoms with Crippen molar-refractivity contribution in [2.45, 2.75) is 18.1 Å². The minimum Gasteiger partial charge on any atom is -0.294 e. The summed E-state index contributed by atoms with van der Waals surface area (Å²) in [4.78, 5) is 11.3. The molecule has 0 N–H and O–H groups in total. The van der Waals surface area contributed by atoms with Gasteiger partial charge in [-0.1, -0.05) is 18.5 Å². The fourth-order valence-corrected chi connectivity index (χ4v) is 4.16. The summed E-state index contributed by atoms with van der Waals surface area (Å²) in [6, 6.07) is 1.73. The molecule has 0 saturated heterocycles. The van der Waals surface area contributed by atoms with Gasteiger partial charge in [-0.15, -0.1) is 11.3 Å². The van der Waals surface area contributed by atoms with Gasteiger partial charge in [0.15, 0.2) is 15.6 Å². The number of halogens is 1. The van der Waals surface area contributed by atoms with Crippen molar-refractivity contribution in [1.29, 1.82) is 5.26 Å². The Hall–Kier alpha value is -0.900. The van der Waals surface area contributed by atoms with E-state index in [0.717, 1.165) is 11.3 Å². The Morgan fingerprint density at radius 1 is 1.56 bits per heavy atom. The number of Topliss-reactive ketones (excluding diaryl/α,β-unsaturated/α-hetero) is 1. The van der Waals surface area contributed by atoms with Crippen LogP contribution in [-0.2, 0) is 9.84 Å². The van der Waals surface area contributed by atoms with E-state index in [-0.39, 0.29) is 31.2 Å². The molecular weight excluding hydrogens is 270 g/mol. The van der Waals surface area contributed by atoms with Crippen molar-refractivity contribution in [2.75, 3.05) is 5.75 Å². The second kappa shape index (κ2) is 4.53. The molecule has 4 nitrogen and oxygen atoms in total. The van der Waals surface area contributed by atoms with Crippen molar-refractivity contribution >= 4 is 38.6 Å². The van der Waals surface area contributed by atoms with Crippen LogP contribution in [0.2, 0.25) is 5.02 Å².